The molecule has 6 rings (SSSR count). The van der Waals surface area contributed by atoms with E-state index in [1.54, 1.807) is 0 Å². The Balaban J connectivity index is 1.22. The molecule has 11 heteroatoms. The third-order valence-corrected chi connectivity index (χ3v) is 9.98. The number of nitrogens with one attached hydrogen (secondary N) is 1. The number of halogens is 1. The van der Waals surface area contributed by atoms with E-state index in [1.807, 2.05) is 0 Å². The van der Waals surface area contributed by atoms with E-state index in [2.05, 4.69) is 5.32 Å². The van der Waals surface area contributed by atoms with E-state index < -0.39 is 39.5 Å². The number of ether oxygens (including phenoxy) is 2. The van der Waals surface area contributed by atoms with Crippen molar-refractivity contribution in [1.29, 1.82) is 0 Å². The number of hydrogen-bond donors (Lipinski definition) is 2. The van der Waals surface area contributed by atoms with Gasteiger partial charge in [-0.25, -0.2) is 8.42 Å². The Hall–Kier alpha value is -1.72. The fourth-order valence-corrected chi connectivity index (χ4v) is 8.55. The second kappa shape index (κ2) is 8.74. The first-order valence-corrected chi connectivity index (χ1v) is 13.5. The number of carbonyl (C=O) groups is 2. The van der Waals surface area contributed by atoms with E-state index in [9.17, 15) is 23.1 Å². The second-order valence-corrected chi connectivity index (χ2v) is 12.6. The van der Waals surface area contributed by atoms with Gasteiger partial charge in [0.15, 0.2) is 6.61 Å². The summed E-state index contributed by atoms with van der Waals surface area (Å²) < 4.78 is 37.9. The Morgan fingerprint density at radius 3 is 2.50 bits per heavy atom. The molecule has 1 aliphatic heterocycles. The highest BCUT2D eigenvalue weighted by Gasteiger charge is 2.60. The summed E-state index contributed by atoms with van der Waals surface area (Å²) in [5.74, 6) is -0.349. The molecule has 4 saturated carbocycles. The standard InChI is InChI=1S/C23H29ClN2O7S/c24-18-2-1-17(8-19(18)34(30,31)26-3-5-32-6-4-26)25-20(27)13-33-21(28)22-9-15-7-16(10-22)12-23(29,11-15)14-22/h1-2,8,15-16,29H,3-7,9-14H2,(H,25,27)/t15-,16-,22?,23?/m1/s1. The Bertz CT molecular complexity index is 1090. The Morgan fingerprint density at radius 2 is 1.85 bits per heavy atom. The maximum absolute atomic E-state index is 13.0. The largest absolute Gasteiger partial charge is 0.455 e. The van der Waals surface area contributed by atoms with Crippen molar-refractivity contribution in [2.45, 2.75) is 49.0 Å². The Morgan fingerprint density at radius 1 is 1.18 bits per heavy atom. The minimum Gasteiger partial charge on any atom is -0.455 e. The van der Waals surface area contributed by atoms with Gasteiger partial charge in [0, 0.05) is 18.8 Å². The third-order valence-electron chi connectivity index (χ3n) is 7.60. The number of morpholine rings is 1. The van der Waals surface area contributed by atoms with Gasteiger partial charge in [-0.2, -0.15) is 4.31 Å². The fourth-order valence-electron chi connectivity index (χ4n) is 6.64. The monoisotopic (exact) mass is 512 g/mol. The highest BCUT2D eigenvalue weighted by Crippen LogP contribution is 2.61. The van der Waals surface area contributed by atoms with Crippen LogP contribution in [0.15, 0.2) is 23.1 Å². The van der Waals surface area contributed by atoms with Crippen LogP contribution in [0.2, 0.25) is 5.02 Å². The first-order valence-electron chi connectivity index (χ1n) is 11.7. The molecule has 0 aromatic heterocycles. The van der Waals surface area contributed by atoms with Crippen molar-refractivity contribution in [3.05, 3.63) is 23.2 Å². The van der Waals surface area contributed by atoms with Crippen LogP contribution in [0.5, 0.6) is 0 Å². The molecular formula is C23H29ClN2O7S. The summed E-state index contributed by atoms with van der Waals surface area (Å²) in [6, 6.07) is 4.21. The summed E-state index contributed by atoms with van der Waals surface area (Å²) in [7, 11) is -3.85. The molecule has 1 aromatic carbocycles. The molecule has 5 aliphatic rings. The predicted octanol–water partition coefficient (Wildman–Crippen LogP) is 2.17. The minimum absolute atomic E-state index is 0.0515. The van der Waals surface area contributed by atoms with E-state index in [-0.39, 0.29) is 28.7 Å². The summed E-state index contributed by atoms with van der Waals surface area (Å²) in [6.45, 7) is 0.578. The quantitative estimate of drug-likeness (QED) is 0.560. The maximum atomic E-state index is 13.0. The average Bonchev–Trinajstić information content (AvgIpc) is 2.77. The zero-order chi connectivity index (χ0) is 24.1. The van der Waals surface area contributed by atoms with Crippen LogP contribution in [0.3, 0.4) is 0 Å². The van der Waals surface area contributed by atoms with Crippen molar-refractivity contribution in [2.75, 3.05) is 38.2 Å². The smallest absolute Gasteiger partial charge is 0.312 e. The highest BCUT2D eigenvalue weighted by atomic mass is 35.5. The van der Waals surface area contributed by atoms with Gasteiger partial charge in [-0.15, -0.1) is 0 Å². The molecule has 1 saturated heterocycles. The molecule has 186 valence electrons. The van der Waals surface area contributed by atoms with Crippen molar-refractivity contribution in [3.63, 3.8) is 0 Å². The summed E-state index contributed by atoms with van der Waals surface area (Å²) in [4.78, 5) is 25.4. The molecule has 9 nitrogen and oxygen atoms in total. The van der Waals surface area contributed by atoms with E-state index in [0.29, 0.717) is 44.3 Å². The number of esters is 1. The molecule has 2 N–H and O–H groups in total. The van der Waals surface area contributed by atoms with E-state index in [0.717, 1.165) is 19.3 Å². The molecule has 4 aliphatic carbocycles. The summed E-state index contributed by atoms with van der Waals surface area (Å²) in [5, 5.41) is 13.5. The molecule has 4 bridgehead atoms. The molecule has 1 aromatic rings. The van der Waals surface area contributed by atoms with Gasteiger partial charge in [-0.3, -0.25) is 9.59 Å². The van der Waals surface area contributed by atoms with E-state index in [1.165, 1.54) is 22.5 Å². The van der Waals surface area contributed by atoms with Gasteiger partial charge < -0.3 is 19.9 Å². The number of amides is 1. The number of carbonyl (C=O) groups excluding carboxylic acids is 2. The van der Waals surface area contributed by atoms with Crippen LogP contribution < -0.4 is 5.32 Å². The number of benzene rings is 1. The van der Waals surface area contributed by atoms with E-state index >= 15 is 0 Å². The van der Waals surface area contributed by atoms with Gasteiger partial charge in [0.05, 0.1) is 29.3 Å². The number of sulfonamides is 1. The van der Waals surface area contributed by atoms with Crippen molar-refractivity contribution in [3.8, 4) is 0 Å². The lowest BCUT2D eigenvalue weighted by atomic mass is 9.48. The summed E-state index contributed by atoms with van der Waals surface area (Å²) >= 11 is 6.16. The number of anilines is 1. The molecule has 34 heavy (non-hydrogen) atoms. The van der Waals surface area contributed by atoms with Crippen LogP contribution in [0.25, 0.3) is 0 Å². The number of rotatable bonds is 6. The van der Waals surface area contributed by atoms with Crippen LogP contribution >= 0.6 is 11.6 Å². The summed E-state index contributed by atoms with van der Waals surface area (Å²) in [6.07, 6.45) is 4.33. The first kappa shape index (κ1) is 24.0. The topological polar surface area (TPSA) is 122 Å². The number of nitrogens with zero attached hydrogens (tertiary/aromatic N) is 1. The molecule has 0 unspecified atom stereocenters. The fraction of sp³-hybridized carbons (Fsp3) is 0.652. The van der Waals surface area contributed by atoms with Crippen molar-refractivity contribution >= 4 is 39.2 Å². The minimum atomic E-state index is -3.85. The Labute approximate surface area is 203 Å². The average molecular weight is 513 g/mol. The van der Waals surface area contributed by atoms with Crippen LogP contribution in [0, 0.1) is 17.3 Å². The van der Waals surface area contributed by atoms with Crippen molar-refractivity contribution < 1.29 is 32.6 Å². The van der Waals surface area contributed by atoms with Gasteiger partial charge in [-0.1, -0.05) is 11.6 Å². The predicted molar refractivity (Wildman–Crippen MR) is 123 cm³/mol. The summed E-state index contributed by atoms with van der Waals surface area (Å²) in [5.41, 5.74) is -1.27. The van der Waals surface area contributed by atoms with Gasteiger partial charge in [0.1, 0.15) is 4.90 Å². The molecule has 1 amide bonds. The second-order valence-electron chi connectivity index (χ2n) is 10.3. The van der Waals surface area contributed by atoms with Crippen molar-refractivity contribution in [2.24, 2.45) is 17.3 Å². The first-order chi connectivity index (χ1) is 16.1. The van der Waals surface area contributed by atoms with Gasteiger partial charge in [-0.05, 0) is 68.6 Å². The molecular weight excluding hydrogens is 484 g/mol. The SMILES string of the molecule is O=C(COC(=O)C12C[C@H]3C[C@@H](CC(O)(C3)C1)C2)Nc1ccc(Cl)c(S(=O)(=O)N2CCOCC2)c1. The highest BCUT2D eigenvalue weighted by molar-refractivity contribution is 7.89. The normalized spacial score (nSPS) is 33.0. The maximum Gasteiger partial charge on any atom is 0.312 e. The number of hydrogen-bond acceptors (Lipinski definition) is 7. The lowest BCUT2D eigenvalue weighted by Crippen LogP contribution is -2.58. The number of aliphatic hydroxyl groups is 1. The zero-order valence-corrected chi connectivity index (χ0v) is 20.4. The Kier molecular flexibility index (Phi) is 6.17. The van der Waals surface area contributed by atoms with Crippen LogP contribution in [-0.2, 0) is 29.1 Å². The zero-order valence-electron chi connectivity index (χ0n) is 18.8. The lowest BCUT2D eigenvalue weighted by molar-refractivity contribution is -0.196. The third kappa shape index (κ3) is 4.46. The van der Waals surface area contributed by atoms with Gasteiger partial charge >= 0.3 is 5.97 Å². The van der Waals surface area contributed by atoms with Crippen LogP contribution in [-0.4, -0.2) is 68.2 Å². The molecule has 0 radical (unpaired) electrons. The van der Waals surface area contributed by atoms with Crippen LogP contribution in [0.4, 0.5) is 5.69 Å². The van der Waals surface area contributed by atoms with Crippen molar-refractivity contribution in [1.82, 2.24) is 4.31 Å². The molecule has 0 spiro atoms. The molecule has 5 fully saturated rings. The van der Waals surface area contributed by atoms with Gasteiger partial charge in [0.2, 0.25) is 10.0 Å². The van der Waals surface area contributed by atoms with Gasteiger partial charge in [0.25, 0.3) is 5.91 Å². The van der Waals surface area contributed by atoms with Crippen LogP contribution in [0.1, 0.15) is 38.5 Å². The lowest BCUT2D eigenvalue weighted by Gasteiger charge is -2.58. The van der Waals surface area contributed by atoms with E-state index in [4.69, 9.17) is 21.1 Å². The molecule has 2 atom stereocenters. The molecule has 1 heterocycles.